The molecule has 2 aromatic carbocycles. The van der Waals surface area contributed by atoms with Crippen LogP contribution < -0.4 is 4.74 Å². The number of ether oxygens (including phenoxy) is 1. The van der Waals surface area contributed by atoms with Crippen LogP contribution in [0.5, 0.6) is 11.5 Å². The Hall–Kier alpha value is -1.72. The monoisotopic (exact) mass is 376 g/mol. The number of phenols is 1. The molecule has 112 valence electrons. The second-order valence-corrected chi connectivity index (χ2v) is 6.71. The average molecular weight is 377 g/mol. The fourth-order valence-electron chi connectivity index (χ4n) is 2.25. The van der Waals surface area contributed by atoms with Gasteiger partial charge in [-0.05, 0) is 37.3 Å². The predicted octanol–water partition coefficient (Wildman–Crippen LogP) is 4.88. The summed E-state index contributed by atoms with van der Waals surface area (Å²) in [6.45, 7) is 2.31. The third-order valence-corrected chi connectivity index (χ3v) is 4.79. The van der Waals surface area contributed by atoms with E-state index in [4.69, 9.17) is 4.74 Å². The first-order valence-corrected chi connectivity index (χ1v) is 8.39. The molecule has 0 bridgehead atoms. The first kappa shape index (κ1) is 15.2. The summed E-state index contributed by atoms with van der Waals surface area (Å²) >= 11 is 4.82. The second kappa shape index (κ2) is 6.18. The second-order valence-electron chi connectivity index (χ2n) is 4.71. The Bertz CT molecular complexity index is 783. The number of ketones is 1. The molecule has 3 rings (SSSR count). The Labute approximate surface area is 141 Å². The zero-order valence-corrected chi connectivity index (χ0v) is 14.2. The topological polar surface area (TPSA) is 46.5 Å². The molecule has 22 heavy (non-hydrogen) atoms. The molecule has 5 heteroatoms. The lowest BCUT2D eigenvalue weighted by Crippen LogP contribution is -1.95. The van der Waals surface area contributed by atoms with Gasteiger partial charge in [-0.2, -0.15) is 0 Å². The molecular weight excluding hydrogens is 364 g/mol. The fourth-order valence-corrected chi connectivity index (χ4v) is 3.74. The van der Waals surface area contributed by atoms with Crippen LogP contribution in [0.4, 0.5) is 0 Å². The Morgan fingerprint density at radius 2 is 2.09 bits per heavy atom. The smallest absolute Gasteiger partial charge is 0.200 e. The number of benzene rings is 2. The van der Waals surface area contributed by atoms with Gasteiger partial charge in [0.25, 0.3) is 0 Å². The summed E-state index contributed by atoms with van der Waals surface area (Å²) in [6.07, 6.45) is 1.70. The van der Waals surface area contributed by atoms with Crippen molar-refractivity contribution < 1.29 is 14.6 Å². The summed E-state index contributed by atoms with van der Waals surface area (Å²) in [6, 6.07) is 11.0. The van der Waals surface area contributed by atoms with Crippen LogP contribution in [0.3, 0.4) is 0 Å². The van der Waals surface area contributed by atoms with E-state index in [0.717, 1.165) is 9.37 Å². The SMILES string of the molecule is CCOc1cc(Br)cc(C=C2Sc3ccccc3C2=O)c1O. The number of hydrogen-bond donors (Lipinski definition) is 1. The van der Waals surface area contributed by atoms with Crippen LogP contribution in [0.15, 0.2) is 50.7 Å². The van der Waals surface area contributed by atoms with Crippen LogP contribution in [-0.4, -0.2) is 17.5 Å². The molecule has 1 aliphatic heterocycles. The lowest BCUT2D eigenvalue weighted by atomic mass is 10.1. The van der Waals surface area contributed by atoms with Gasteiger partial charge >= 0.3 is 0 Å². The number of fused-ring (bicyclic) bond motifs is 1. The first-order valence-electron chi connectivity index (χ1n) is 6.78. The molecule has 0 aromatic heterocycles. The maximum atomic E-state index is 12.4. The van der Waals surface area contributed by atoms with Gasteiger partial charge in [0.2, 0.25) is 5.78 Å². The lowest BCUT2D eigenvalue weighted by molar-refractivity contribution is 0.104. The number of thioether (sulfide) groups is 1. The number of rotatable bonds is 3. The molecule has 1 N–H and O–H groups in total. The normalized spacial score (nSPS) is 15.2. The van der Waals surface area contributed by atoms with E-state index in [1.807, 2.05) is 31.2 Å². The highest BCUT2D eigenvalue weighted by molar-refractivity contribution is 9.10. The standard InChI is InChI=1S/C17H13BrO3S/c1-2-21-13-9-11(18)7-10(16(13)19)8-15-17(20)12-5-3-4-6-14(12)22-15/h3-9,19H,2H2,1H3. The molecule has 0 aliphatic carbocycles. The van der Waals surface area contributed by atoms with E-state index in [0.29, 0.717) is 28.4 Å². The minimum atomic E-state index is -0.0158. The molecule has 0 fully saturated rings. The van der Waals surface area contributed by atoms with E-state index in [2.05, 4.69) is 15.9 Å². The average Bonchev–Trinajstić information content (AvgIpc) is 2.81. The van der Waals surface area contributed by atoms with Crippen molar-refractivity contribution in [3.05, 3.63) is 56.9 Å². The number of Topliss-reactive ketones (excluding diaryl/α,β-unsaturated/α-hetero) is 1. The van der Waals surface area contributed by atoms with Crippen LogP contribution in [0.25, 0.3) is 6.08 Å². The molecule has 1 heterocycles. The zero-order valence-electron chi connectivity index (χ0n) is 11.8. The number of aromatic hydroxyl groups is 1. The van der Waals surface area contributed by atoms with Gasteiger partial charge in [-0.3, -0.25) is 4.79 Å². The predicted molar refractivity (Wildman–Crippen MR) is 91.6 cm³/mol. The summed E-state index contributed by atoms with van der Waals surface area (Å²) in [5, 5.41) is 10.3. The van der Waals surface area contributed by atoms with Crippen molar-refractivity contribution in [2.24, 2.45) is 0 Å². The highest BCUT2D eigenvalue weighted by Crippen LogP contribution is 2.43. The highest BCUT2D eigenvalue weighted by Gasteiger charge is 2.25. The number of carbonyl (C=O) groups excluding carboxylic acids is 1. The van der Waals surface area contributed by atoms with Gasteiger partial charge in [0.15, 0.2) is 11.5 Å². The van der Waals surface area contributed by atoms with Crippen molar-refractivity contribution in [1.82, 2.24) is 0 Å². The molecule has 0 radical (unpaired) electrons. The van der Waals surface area contributed by atoms with Crippen molar-refractivity contribution in [2.45, 2.75) is 11.8 Å². The molecular formula is C17H13BrO3S. The molecule has 0 spiro atoms. The summed E-state index contributed by atoms with van der Waals surface area (Å²) < 4.78 is 6.20. The van der Waals surface area contributed by atoms with Gasteiger partial charge in [0.05, 0.1) is 11.5 Å². The van der Waals surface area contributed by atoms with E-state index in [1.165, 1.54) is 11.8 Å². The number of phenolic OH excluding ortho intramolecular Hbond substituents is 1. The molecule has 0 saturated carbocycles. The van der Waals surface area contributed by atoms with Crippen molar-refractivity contribution in [1.29, 1.82) is 0 Å². The van der Waals surface area contributed by atoms with Gasteiger partial charge in [0, 0.05) is 20.5 Å². The van der Waals surface area contributed by atoms with Gasteiger partial charge in [-0.25, -0.2) is 0 Å². The lowest BCUT2D eigenvalue weighted by Gasteiger charge is -2.09. The molecule has 0 saturated heterocycles. The maximum absolute atomic E-state index is 12.4. The Morgan fingerprint density at radius 3 is 2.82 bits per heavy atom. The zero-order chi connectivity index (χ0) is 15.7. The quantitative estimate of drug-likeness (QED) is 0.775. The van der Waals surface area contributed by atoms with Gasteiger partial charge in [-0.1, -0.05) is 39.8 Å². The summed E-state index contributed by atoms with van der Waals surface area (Å²) in [5.41, 5.74) is 1.26. The van der Waals surface area contributed by atoms with E-state index >= 15 is 0 Å². The molecule has 0 amide bonds. The van der Waals surface area contributed by atoms with Gasteiger partial charge in [-0.15, -0.1) is 0 Å². The Kier molecular flexibility index (Phi) is 4.27. The minimum Gasteiger partial charge on any atom is -0.504 e. The molecule has 2 aromatic rings. The van der Waals surface area contributed by atoms with Gasteiger partial charge in [0.1, 0.15) is 0 Å². The molecule has 0 atom stereocenters. The molecule has 0 unspecified atom stereocenters. The maximum Gasteiger partial charge on any atom is 0.200 e. The van der Waals surface area contributed by atoms with Crippen molar-refractivity contribution in [3.8, 4) is 11.5 Å². The van der Waals surface area contributed by atoms with Gasteiger partial charge < -0.3 is 9.84 Å². The van der Waals surface area contributed by atoms with E-state index in [-0.39, 0.29) is 11.5 Å². The Balaban J connectivity index is 2.02. The number of carbonyl (C=O) groups is 1. The summed E-state index contributed by atoms with van der Waals surface area (Å²) in [4.78, 5) is 13.9. The third-order valence-electron chi connectivity index (χ3n) is 3.23. The number of hydrogen-bond acceptors (Lipinski definition) is 4. The molecule has 3 nitrogen and oxygen atoms in total. The van der Waals surface area contributed by atoms with Crippen molar-refractivity contribution in [2.75, 3.05) is 6.61 Å². The van der Waals surface area contributed by atoms with Crippen LogP contribution in [0.1, 0.15) is 22.8 Å². The van der Waals surface area contributed by atoms with Crippen LogP contribution in [-0.2, 0) is 0 Å². The van der Waals surface area contributed by atoms with Crippen molar-refractivity contribution in [3.63, 3.8) is 0 Å². The van der Waals surface area contributed by atoms with E-state index < -0.39 is 0 Å². The highest BCUT2D eigenvalue weighted by atomic mass is 79.9. The summed E-state index contributed by atoms with van der Waals surface area (Å²) in [5.74, 6) is 0.427. The first-order chi connectivity index (χ1) is 10.6. The number of allylic oxidation sites excluding steroid dienone is 1. The summed E-state index contributed by atoms with van der Waals surface area (Å²) in [7, 11) is 0. The van der Waals surface area contributed by atoms with Crippen molar-refractivity contribution >= 4 is 39.6 Å². The van der Waals surface area contributed by atoms with E-state index in [9.17, 15) is 9.90 Å². The third kappa shape index (κ3) is 2.78. The van der Waals surface area contributed by atoms with E-state index in [1.54, 1.807) is 18.2 Å². The number of halogens is 1. The fraction of sp³-hybridized carbons (Fsp3) is 0.118. The van der Waals surface area contributed by atoms with Crippen LogP contribution >= 0.6 is 27.7 Å². The molecule has 1 aliphatic rings. The van der Waals surface area contributed by atoms with Crippen LogP contribution in [0, 0.1) is 0 Å². The largest absolute Gasteiger partial charge is 0.504 e. The Morgan fingerprint density at radius 1 is 1.32 bits per heavy atom. The minimum absolute atomic E-state index is 0.0158. The van der Waals surface area contributed by atoms with Crippen LogP contribution in [0.2, 0.25) is 0 Å².